The van der Waals surface area contributed by atoms with Crippen LogP contribution in [-0.2, 0) is 20.1 Å². The minimum absolute atomic E-state index is 0.00679. The molecule has 0 bridgehead atoms. The molecule has 1 unspecified atom stereocenters. The number of rotatable bonds is 12. The van der Waals surface area contributed by atoms with E-state index in [2.05, 4.69) is 15.6 Å². The molecule has 1 heterocycles. The number of aromatic nitrogens is 2. The van der Waals surface area contributed by atoms with Gasteiger partial charge in [0.2, 0.25) is 5.91 Å². The number of carbonyl (C=O) groups excluding carboxylic acids is 3. The number of hydrogen-bond donors (Lipinski definition) is 2. The summed E-state index contributed by atoms with van der Waals surface area (Å²) in [5.41, 5.74) is 0.641. The molecule has 0 saturated carbocycles. The van der Waals surface area contributed by atoms with E-state index in [9.17, 15) is 19.2 Å². The van der Waals surface area contributed by atoms with Crippen LogP contribution >= 0.6 is 11.8 Å². The first kappa shape index (κ1) is 23.3. The van der Waals surface area contributed by atoms with Gasteiger partial charge in [0.1, 0.15) is 11.8 Å². The first-order valence-corrected chi connectivity index (χ1v) is 10.8. The largest absolute Gasteiger partial charge is 0.358 e. The Morgan fingerprint density at radius 1 is 1.17 bits per heavy atom. The van der Waals surface area contributed by atoms with Crippen LogP contribution in [0.25, 0.3) is 0 Å². The second kappa shape index (κ2) is 11.9. The van der Waals surface area contributed by atoms with Crippen LogP contribution in [0, 0.1) is 0 Å². The number of ketones is 2. The highest BCUT2D eigenvalue weighted by Crippen LogP contribution is 2.12. The smallest absolute Gasteiger partial charge is 0.294 e. The molecule has 30 heavy (non-hydrogen) atoms. The summed E-state index contributed by atoms with van der Waals surface area (Å²) in [5.74, 6) is 0.378. The topological polar surface area (TPSA) is 110 Å². The zero-order chi connectivity index (χ0) is 21.9. The summed E-state index contributed by atoms with van der Waals surface area (Å²) in [5, 5.41) is 5.30. The monoisotopic (exact) mass is 430 g/mol. The Labute approximate surface area is 179 Å². The Morgan fingerprint density at radius 3 is 2.57 bits per heavy atom. The summed E-state index contributed by atoms with van der Waals surface area (Å²) in [6.07, 6.45) is 3.18. The summed E-state index contributed by atoms with van der Waals surface area (Å²) in [6, 6.07) is 9.06. The van der Waals surface area contributed by atoms with Crippen molar-refractivity contribution in [3.05, 3.63) is 58.6 Å². The van der Waals surface area contributed by atoms with Crippen LogP contribution in [0.5, 0.6) is 0 Å². The maximum Gasteiger partial charge on any atom is 0.294 e. The molecule has 0 aliphatic rings. The van der Waals surface area contributed by atoms with Gasteiger partial charge in [-0.25, -0.2) is 4.98 Å². The molecule has 0 saturated heterocycles. The van der Waals surface area contributed by atoms with E-state index in [1.807, 2.05) is 30.3 Å². The number of carbonyl (C=O) groups is 3. The summed E-state index contributed by atoms with van der Waals surface area (Å²) >= 11 is 1.49. The lowest BCUT2D eigenvalue weighted by molar-refractivity contribution is -0.127. The molecule has 0 radical (unpaired) electrons. The van der Waals surface area contributed by atoms with Gasteiger partial charge in [0.25, 0.3) is 5.56 Å². The predicted molar refractivity (Wildman–Crippen MR) is 118 cm³/mol. The van der Waals surface area contributed by atoms with Gasteiger partial charge < -0.3 is 10.6 Å². The van der Waals surface area contributed by atoms with Crippen molar-refractivity contribution in [3.63, 3.8) is 0 Å². The van der Waals surface area contributed by atoms with Gasteiger partial charge in [-0.1, -0.05) is 37.3 Å². The lowest BCUT2D eigenvalue weighted by Gasteiger charge is -2.18. The second-order valence-electron chi connectivity index (χ2n) is 6.70. The summed E-state index contributed by atoms with van der Waals surface area (Å²) in [4.78, 5) is 52.3. The van der Waals surface area contributed by atoms with Crippen LogP contribution in [0.3, 0.4) is 0 Å². The molecule has 1 atom stereocenters. The molecule has 0 aliphatic heterocycles. The van der Waals surface area contributed by atoms with E-state index in [4.69, 9.17) is 0 Å². The van der Waals surface area contributed by atoms with Crippen LogP contribution in [0.4, 0.5) is 5.82 Å². The number of Topliss-reactive ketones (excluding diaryl/α,β-unsaturated/α-hetero) is 2. The fraction of sp³-hybridized carbons (Fsp3) is 0.381. The molecular weight excluding hydrogens is 404 g/mol. The third kappa shape index (κ3) is 7.14. The Bertz CT molecular complexity index is 930. The average molecular weight is 431 g/mol. The number of thioether (sulfide) groups is 1. The number of nitrogens with zero attached hydrogens (tertiary/aromatic N) is 2. The van der Waals surface area contributed by atoms with E-state index < -0.39 is 17.5 Å². The van der Waals surface area contributed by atoms with Crippen molar-refractivity contribution >= 4 is 35.1 Å². The molecule has 0 aliphatic carbocycles. The second-order valence-corrected chi connectivity index (χ2v) is 7.69. The standard InChI is InChI=1S/C21H26N4O4S/c1-3-18(25-10-9-22-19(21(25)29)23-11-15(2)26)20(28)24-12-17(27)14-30-13-16-7-5-4-6-8-16/h4-10,18H,3,11-14H2,1-2H3,(H,22,23)(H,24,28). The fourth-order valence-electron chi connectivity index (χ4n) is 2.72. The molecule has 9 heteroatoms. The van der Waals surface area contributed by atoms with Gasteiger partial charge in [0, 0.05) is 18.1 Å². The molecule has 1 aromatic heterocycles. The summed E-state index contributed by atoms with van der Waals surface area (Å²) < 4.78 is 1.26. The summed E-state index contributed by atoms with van der Waals surface area (Å²) in [7, 11) is 0. The van der Waals surface area contributed by atoms with E-state index in [0.29, 0.717) is 12.2 Å². The Morgan fingerprint density at radius 2 is 1.90 bits per heavy atom. The summed E-state index contributed by atoms with van der Waals surface area (Å²) in [6.45, 7) is 3.06. The van der Waals surface area contributed by atoms with Crippen molar-refractivity contribution in [1.82, 2.24) is 14.9 Å². The molecule has 1 aromatic carbocycles. The van der Waals surface area contributed by atoms with Crippen LogP contribution in [0.15, 0.2) is 47.5 Å². The number of benzene rings is 1. The maximum absolute atomic E-state index is 12.6. The Hall–Kier alpha value is -2.94. The van der Waals surface area contributed by atoms with Gasteiger partial charge in [-0.3, -0.25) is 23.7 Å². The van der Waals surface area contributed by atoms with E-state index in [1.54, 1.807) is 6.92 Å². The number of hydrogen-bond acceptors (Lipinski definition) is 7. The molecular formula is C21H26N4O4S. The number of nitrogens with one attached hydrogen (secondary N) is 2. The van der Waals surface area contributed by atoms with Gasteiger partial charge in [0.05, 0.1) is 18.8 Å². The van der Waals surface area contributed by atoms with Gasteiger partial charge in [-0.05, 0) is 18.9 Å². The van der Waals surface area contributed by atoms with Crippen molar-refractivity contribution in [3.8, 4) is 0 Å². The van der Waals surface area contributed by atoms with Gasteiger partial charge >= 0.3 is 0 Å². The van der Waals surface area contributed by atoms with E-state index >= 15 is 0 Å². The van der Waals surface area contributed by atoms with Crippen molar-refractivity contribution in [2.45, 2.75) is 32.1 Å². The SMILES string of the molecule is CCC(C(=O)NCC(=O)CSCc1ccccc1)n1ccnc(NCC(C)=O)c1=O. The quantitative estimate of drug-likeness (QED) is 0.528. The fourth-order valence-corrected chi connectivity index (χ4v) is 3.58. The highest BCUT2D eigenvalue weighted by atomic mass is 32.2. The average Bonchev–Trinajstić information content (AvgIpc) is 2.73. The van der Waals surface area contributed by atoms with Gasteiger partial charge in [-0.2, -0.15) is 0 Å². The van der Waals surface area contributed by atoms with Crippen molar-refractivity contribution in [2.75, 3.05) is 24.2 Å². The van der Waals surface area contributed by atoms with Crippen molar-refractivity contribution in [1.29, 1.82) is 0 Å². The van der Waals surface area contributed by atoms with E-state index in [0.717, 1.165) is 11.3 Å². The molecule has 2 rings (SSSR count). The predicted octanol–water partition coefficient (Wildman–Crippen LogP) is 1.81. The van der Waals surface area contributed by atoms with Crippen molar-refractivity contribution in [2.24, 2.45) is 0 Å². The molecule has 0 spiro atoms. The minimum Gasteiger partial charge on any atom is -0.358 e. The van der Waals surface area contributed by atoms with Gasteiger partial charge in [0.15, 0.2) is 11.6 Å². The highest BCUT2D eigenvalue weighted by Gasteiger charge is 2.21. The molecule has 0 fully saturated rings. The number of amides is 1. The van der Waals surface area contributed by atoms with Crippen LogP contribution < -0.4 is 16.2 Å². The molecule has 2 N–H and O–H groups in total. The molecule has 2 aromatic rings. The first-order valence-electron chi connectivity index (χ1n) is 9.64. The van der Waals surface area contributed by atoms with Gasteiger partial charge in [-0.15, -0.1) is 11.8 Å². The normalized spacial score (nSPS) is 11.5. The molecule has 8 nitrogen and oxygen atoms in total. The van der Waals surface area contributed by atoms with E-state index in [1.165, 1.54) is 35.6 Å². The minimum atomic E-state index is -0.775. The first-order chi connectivity index (χ1) is 14.4. The molecule has 1 amide bonds. The number of anilines is 1. The highest BCUT2D eigenvalue weighted by molar-refractivity contribution is 7.99. The Kier molecular flexibility index (Phi) is 9.27. The molecule has 160 valence electrons. The zero-order valence-corrected chi connectivity index (χ0v) is 17.9. The lowest BCUT2D eigenvalue weighted by Crippen LogP contribution is -2.40. The van der Waals surface area contributed by atoms with Crippen LogP contribution in [0.2, 0.25) is 0 Å². The van der Waals surface area contributed by atoms with Crippen LogP contribution in [-0.4, -0.2) is 45.9 Å². The Balaban J connectivity index is 1.90. The van der Waals surface area contributed by atoms with Crippen molar-refractivity contribution < 1.29 is 14.4 Å². The zero-order valence-electron chi connectivity index (χ0n) is 17.1. The lowest BCUT2D eigenvalue weighted by atomic mass is 10.2. The third-order valence-corrected chi connectivity index (χ3v) is 5.30. The van der Waals surface area contributed by atoms with E-state index in [-0.39, 0.29) is 30.5 Å². The third-order valence-electron chi connectivity index (χ3n) is 4.23. The maximum atomic E-state index is 12.6. The van der Waals surface area contributed by atoms with Crippen LogP contribution in [0.1, 0.15) is 31.9 Å².